The number of nitrogens with one attached hydrogen (secondary N) is 2. The normalized spacial score (nSPS) is 13.7. The lowest BCUT2D eigenvalue weighted by molar-refractivity contribution is 0.122. The first-order chi connectivity index (χ1) is 18.2. The summed E-state index contributed by atoms with van der Waals surface area (Å²) in [5.41, 5.74) is 7.25. The van der Waals surface area contributed by atoms with Gasteiger partial charge in [0.1, 0.15) is 0 Å². The zero-order chi connectivity index (χ0) is 25.5. The van der Waals surface area contributed by atoms with Gasteiger partial charge in [-0.3, -0.25) is 5.43 Å². The molecule has 0 radical (unpaired) electrons. The minimum Gasteiger partial charge on any atom is -0.493 e. The third-order valence-electron chi connectivity index (χ3n) is 6.26. The molecule has 2 aromatic carbocycles. The van der Waals surface area contributed by atoms with E-state index in [1.165, 1.54) is 0 Å². The van der Waals surface area contributed by atoms with E-state index in [9.17, 15) is 0 Å². The van der Waals surface area contributed by atoms with Gasteiger partial charge in [-0.1, -0.05) is 24.3 Å². The fraction of sp³-hybridized carbons (Fsp3) is 0.286. The molecule has 0 bridgehead atoms. The Hall–Kier alpha value is -4.24. The van der Waals surface area contributed by atoms with Gasteiger partial charge < -0.3 is 28.8 Å². The number of methoxy groups -OCH3 is 2. The number of benzene rings is 2. The summed E-state index contributed by atoms with van der Waals surface area (Å²) in [5.74, 6) is 2.55. The second-order valence-electron chi connectivity index (χ2n) is 8.60. The molecule has 1 aliphatic rings. The zero-order valence-corrected chi connectivity index (χ0v) is 21.1. The van der Waals surface area contributed by atoms with E-state index in [-0.39, 0.29) is 0 Å². The summed E-state index contributed by atoms with van der Waals surface area (Å²) in [6.45, 7) is 3.48. The van der Waals surface area contributed by atoms with Crippen LogP contribution in [0.15, 0.2) is 65.9 Å². The average Bonchev–Trinajstić information content (AvgIpc) is 3.36. The first kappa shape index (κ1) is 24.5. The fourth-order valence-electron chi connectivity index (χ4n) is 4.31. The molecule has 4 aromatic rings. The number of para-hydroxylation sites is 1. The van der Waals surface area contributed by atoms with Crippen LogP contribution in [0.25, 0.3) is 10.9 Å². The Morgan fingerprint density at radius 3 is 2.73 bits per heavy atom. The monoisotopic (exact) mass is 501 g/mol. The number of hydrogen-bond donors (Lipinski definition) is 2. The van der Waals surface area contributed by atoms with Crippen LogP contribution in [0.5, 0.6) is 17.4 Å². The number of rotatable bonds is 10. The number of fused-ring (bicyclic) bond motifs is 1. The lowest BCUT2D eigenvalue weighted by atomic mass is 10.1. The van der Waals surface area contributed by atoms with E-state index in [0.29, 0.717) is 49.4 Å². The van der Waals surface area contributed by atoms with Gasteiger partial charge in [-0.2, -0.15) is 10.1 Å². The molecule has 1 fully saturated rings. The summed E-state index contributed by atoms with van der Waals surface area (Å²) in [6.07, 6.45) is 4.43. The molecule has 1 saturated heterocycles. The Morgan fingerprint density at radius 2 is 1.89 bits per heavy atom. The molecule has 0 unspecified atom stereocenters. The lowest BCUT2D eigenvalue weighted by Crippen LogP contribution is -2.36. The van der Waals surface area contributed by atoms with Gasteiger partial charge in [-0.05, 0) is 23.8 Å². The summed E-state index contributed by atoms with van der Waals surface area (Å²) < 4.78 is 22.3. The molecule has 2 N–H and O–H groups in total. The molecule has 0 saturated carbocycles. The number of anilines is 2. The smallest absolute Gasteiger partial charge is 0.217 e. The Kier molecular flexibility index (Phi) is 7.71. The molecule has 192 valence electrons. The maximum atomic E-state index is 6.08. The van der Waals surface area contributed by atoms with E-state index in [2.05, 4.69) is 31.5 Å². The molecule has 3 heterocycles. The summed E-state index contributed by atoms with van der Waals surface area (Å²) in [5, 5.41) is 5.56. The maximum Gasteiger partial charge on any atom is 0.217 e. The standard InChI is InChI=1S/C28H31N5O4/c1-34-25-8-7-20(15-26(25)35-2)9-12-37-28-17-22(33-10-13-36-14-11-33)16-27(31-28)32-30-19-21-18-29-24-6-4-3-5-23(21)24/h3-8,15-19,29H,9-14H2,1-2H3,(H,31,32)/b30-19+. The van der Waals surface area contributed by atoms with Crippen molar-refractivity contribution in [2.24, 2.45) is 5.10 Å². The number of H-pyrrole nitrogens is 1. The molecule has 0 aliphatic carbocycles. The highest BCUT2D eigenvalue weighted by atomic mass is 16.5. The highest BCUT2D eigenvalue weighted by Crippen LogP contribution is 2.28. The summed E-state index contributed by atoms with van der Waals surface area (Å²) in [6, 6.07) is 18.0. The number of aromatic amines is 1. The first-order valence-electron chi connectivity index (χ1n) is 12.3. The predicted octanol–water partition coefficient (Wildman–Crippen LogP) is 4.48. The number of pyridine rings is 1. The lowest BCUT2D eigenvalue weighted by Gasteiger charge is -2.29. The number of morpholine rings is 1. The van der Waals surface area contributed by atoms with Gasteiger partial charge in [-0.25, -0.2) is 0 Å². The Labute approximate surface area is 216 Å². The molecule has 9 nitrogen and oxygen atoms in total. The summed E-state index contributed by atoms with van der Waals surface area (Å²) in [7, 11) is 3.26. The van der Waals surface area contributed by atoms with Crippen molar-refractivity contribution in [2.75, 3.05) is 57.5 Å². The van der Waals surface area contributed by atoms with E-state index in [4.69, 9.17) is 18.9 Å². The van der Waals surface area contributed by atoms with Crippen molar-refractivity contribution < 1.29 is 18.9 Å². The molecule has 5 rings (SSSR count). The predicted molar refractivity (Wildman–Crippen MR) is 146 cm³/mol. The largest absolute Gasteiger partial charge is 0.493 e. The van der Waals surface area contributed by atoms with E-state index in [1.54, 1.807) is 20.4 Å². The van der Waals surface area contributed by atoms with Gasteiger partial charge in [0.25, 0.3) is 0 Å². The fourth-order valence-corrected chi connectivity index (χ4v) is 4.31. The van der Waals surface area contributed by atoms with Crippen LogP contribution in [-0.4, -0.2) is 63.3 Å². The average molecular weight is 502 g/mol. The number of nitrogens with zero attached hydrogens (tertiary/aromatic N) is 3. The van der Waals surface area contributed by atoms with Gasteiger partial charge in [0.05, 0.1) is 40.3 Å². The third kappa shape index (κ3) is 5.95. The number of hydrogen-bond acceptors (Lipinski definition) is 8. The molecular weight excluding hydrogens is 470 g/mol. The number of aromatic nitrogens is 2. The van der Waals surface area contributed by atoms with Gasteiger partial charge in [0.15, 0.2) is 17.3 Å². The molecule has 2 aromatic heterocycles. The summed E-state index contributed by atoms with van der Waals surface area (Å²) >= 11 is 0. The van der Waals surface area contributed by atoms with Crippen molar-refractivity contribution in [3.05, 3.63) is 71.9 Å². The van der Waals surface area contributed by atoms with E-state index < -0.39 is 0 Å². The first-order valence-corrected chi connectivity index (χ1v) is 12.3. The minimum atomic E-state index is 0.465. The Bertz CT molecular complexity index is 1360. The summed E-state index contributed by atoms with van der Waals surface area (Å²) in [4.78, 5) is 10.2. The van der Waals surface area contributed by atoms with Crippen LogP contribution in [0, 0.1) is 0 Å². The SMILES string of the molecule is COc1ccc(CCOc2cc(N3CCOCC3)cc(N/N=C/c3c[nH]c4ccccc34)n2)cc1OC. The van der Waals surface area contributed by atoms with Gasteiger partial charge in [0.2, 0.25) is 5.88 Å². The Morgan fingerprint density at radius 1 is 1.05 bits per heavy atom. The second-order valence-corrected chi connectivity index (χ2v) is 8.60. The molecule has 37 heavy (non-hydrogen) atoms. The molecule has 0 spiro atoms. The second kappa shape index (κ2) is 11.7. The number of ether oxygens (including phenoxy) is 4. The van der Waals surface area contributed by atoms with E-state index >= 15 is 0 Å². The van der Waals surface area contributed by atoms with Crippen LogP contribution in [0.1, 0.15) is 11.1 Å². The molecule has 0 atom stereocenters. The van der Waals surface area contributed by atoms with Crippen LogP contribution in [-0.2, 0) is 11.2 Å². The van der Waals surface area contributed by atoms with Crippen molar-refractivity contribution in [1.29, 1.82) is 0 Å². The highest BCUT2D eigenvalue weighted by Gasteiger charge is 2.14. The zero-order valence-electron chi connectivity index (χ0n) is 21.1. The van der Waals surface area contributed by atoms with E-state index in [0.717, 1.165) is 40.8 Å². The van der Waals surface area contributed by atoms with Crippen LogP contribution >= 0.6 is 0 Å². The van der Waals surface area contributed by atoms with E-state index in [1.807, 2.05) is 54.7 Å². The molecular formula is C28H31N5O4. The minimum absolute atomic E-state index is 0.465. The van der Waals surface area contributed by atoms with Crippen molar-refractivity contribution in [2.45, 2.75) is 6.42 Å². The number of hydrazone groups is 1. The van der Waals surface area contributed by atoms with Gasteiger partial charge >= 0.3 is 0 Å². The topological polar surface area (TPSA) is 93.2 Å². The molecule has 0 amide bonds. The van der Waals surface area contributed by atoms with Crippen molar-refractivity contribution >= 4 is 28.6 Å². The van der Waals surface area contributed by atoms with Crippen molar-refractivity contribution in [1.82, 2.24) is 9.97 Å². The van der Waals surface area contributed by atoms with Crippen molar-refractivity contribution in [3.63, 3.8) is 0 Å². The third-order valence-corrected chi connectivity index (χ3v) is 6.26. The maximum absolute atomic E-state index is 6.08. The van der Waals surface area contributed by atoms with Crippen LogP contribution in [0.3, 0.4) is 0 Å². The quantitative estimate of drug-likeness (QED) is 0.244. The van der Waals surface area contributed by atoms with Gasteiger partial charge in [0, 0.05) is 60.0 Å². The van der Waals surface area contributed by atoms with Crippen LogP contribution in [0.2, 0.25) is 0 Å². The van der Waals surface area contributed by atoms with Crippen molar-refractivity contribution in [3.8, 4) is 17.4 Å². The highest BCUT2D eigenvalue weighted by molar-refractivity contribution is 5.99. The molecule has 1 aliphatic heterocycles. The Balaban J connectivity index is 1.30. The van der Waals surface area contributed by atoms with Crippen LogP contribution in [0.4, 0.5) is 11.5 Å². The van der Waals surface area contributed by atoms with Crippen LogP contribution < -0.4 is 24.5 Å². The molecule has 9 heteroatoms. The van der Waals surface area contributed by atoms with Gasteiger partial charge in [-0.15, -0.1) is 0 Å².